The van der Waals surface area contributed by atoms with Crippen molar-refractivity contribution in [2.24, 2.45) is 0 Å². The third-order valence-electron chi connectivity index (χ3n) is 2.84. The van der Waals surface area contributed by atoms with Crippen molar-refractivity contribution in [3.8, 4) is 5.75 Å². The van der Waals surface area contributed by atoms with Crippen LogP contribution < -0.4 is 4.74 Å². The molecule has 3 rings (SSSR count). The van der Waals surface area contributed by atoms with Crippen LogP contribution in [-0.2, 0) is 12.5 Å². The number of nitrogens with zero attached hydrogens (tertiary/aromatic N) is 1. The summed E-state index contributed by atoms with van der Waals surface area (Å²) in [5.41, 5.74) is 1.67. The molecule has 0 radical (unpaired) electrons. The number of rotatable bonds is 4. The molecule has 102 valence electrons. The Bertz CT molecular complexity index is 711. The molecule has 2 aromatic carbocycles. The van der Waals surface area contributed by atoms with E-state index in [0.717, 1.165) is 20.8 Å². The third kappa shape index (κ3) is 2.76. The molecule has 0 aliphatic rings. The zero-order chi connectivity index (χ0) is 13.9. The first-order valence-corrected chi connectivity index (χ1v) is 7.43. The number of halogens is 2. The fourth-order valence-corrected chi connectivity index (χ4v) is 2.91. The number of hydrogen-bond donors (Lipinski definition) is 0. The van der Waals surface area contributed by atoms with Crippen molar-refractivity contribution in [2.75, 3.05) is 0 Å². The average Bonchev–Trinajstić information content (AvgIpc) is 2.88. The van der Waals surface area contributed by atoms with Crippen LogP contribution >= 0.6 is 22.9 Å². The minimum atomic E-state index is -0.399. The van der Waals surface area contributed by atoms with Gasteiger partial charge in [0.05, 0.1) is 10.2 Å². The topological polar surface area (TPSA) is 22.1 Å². The summed E-state index contributed by atoms with van der Waals surface area (Å²) in [6, 6.07) is 12.6. The molecule has 0 atom stereocenters. The van der Waals surface area contributed by atoms with Gasteiger partial charge in [-0.25, -0.2) is 9.37 Å². The Morgan fingerprint density at radius 2 is 2.05 bits per heavy atom. The number of ether oxygens (including phenoxy) is 1. The second-order valence-electron chi connectivity index (χ2n) is 4.26. The molecule has 3 aromatic rings. The summed E-state index contributed by atoms with van der Waals surface area (Å²) in [4.78, 5) is 4.44. The molecule has 0 aliphatic heterocycles. The predicted molar refractivity (Wildman–Crippen MR) is 79.9 cm³/mol. The quantitative estimate of drug-likeness (QED) is 0.649. The molecule has 0 saturated heterocycles. The first-order chi connectivity index (χ1) is 9.76. The monoisotopic (exact) mass is 307 g/mol. The highest BCUT2D eigenvalue weighted by Crippen LogP contribution is 2.24. The molecule has 0 amide bonds. The fourth-order valence-electron chi connectivity index (χ4n) is 1.87. The van der Waals surface area contributed by atoms with Gasteiger partial charge in [-0.2, -0.15) is 0 Å². The van der Waals surface area contributed by atoms with Crippen LogP contribution in [0.15, 0.2) is 42.5 Å². The van der Waals surface area contributed by atoms with Crippen molar-refractivity contribution >= 4 is 33.2 Å². The summed E-state index contributed by atoms with van der Waals surface area (Å²) in [5.74, 6) is 0.108. The number of aromatic nitrogens is 1. The molecular weight excluding hydrogens is 297 g/mol. The number of para-hydroxylation sites is 1. The van der Waals surface area contributed by atoms with E-state index >= 15 is 0 Å². The minimum Gasteiger partial charge on any atom is -0.483 e. The van der Waals surface area contributed by atoms with Crippen LogP contribution in [0.4, 0.5) is 4.39 Å². The van der Waals surface area contributed by atoms with Crippen molar-refractivity contribution < 1.29 is 9.13 Å². The normalized spacial score (nSPS) is 10.9. The van der Waals surface area contributed by atoms with E-state index in [4.69, 9.17) is 16.3 Å². The first-order valence-electron chi connectivity index (χ1n) is 6.08. The van der Waals surface area contributed by atoms with Crippen LogP contribution in [0.1, 0.15) is 10.6 Å². The molecule has 0 N–H and O–H groups in total. The molecule has 0 unspecified atom stereocenters. The zero-order valence-corrected chi connectivity index (χ0v) is 12.0. The van der Waals surface area contributed by atoms with Gasteiger partial charge in [0.1, 0.15) is 11.6 Å². The predicted octanol–water partition coefficient (Wildman–Crippen LogP) is 4.75. The molecule has 0 spiro atoms. The molecule has 1 aromatic heterocycles. The lowest BCUT2D eigenvalue weighted by molar-refractivity contribution is 0.290. The smallest absolute Gasteiger partial charge is 0.165 e. The Morgan fingerprint density at radius 3 is 2.80 bits per heavy atom. The van der Waals surface area contributed by atoms with E-state index in [-0.39, 0.29) is 18.2 Å². The van der Waals surface area contributed by atoms with Gasteiger partial charge >= 0.3 is 0 Å². The van der Waals surface area contributed by atoms with Gasteiger partial charge in [0.15, 0.2) is 11.6 Å². The van der Waals surface area contributed by atoms with E-state index in [1.54, 1.807) is 23.5 Å². The Labute approximate surface area is 124 Å². The maximum Gasteiger partial charge on any atom is 0.165 e. The highest BCUT2D eigenvalue weighted by atomic mass is 35.5. The van der Waals surface area contributed by atoms with E-state index in [0.29, 0.717) is 0 Å². The molecular formula is C15H11ClFNOS. The second kappa shape index (κ2) is 5.77. The number of alkyl halides is 1. The first kappa shape index (κ1) is 13.3. The molecule has 0 aliphatic carbocycles. The number of thiazole rings is 1. The SMILES string of the molecule is Fc1cc(CCl)ccc1OCc1nc2ccccc2s1. The highest BCUT2D eigenvalue weighted by Gasteiger charge is 2.07. The molecule has 0 fully saturated rings. The Kier molecular flexibility index (Phi) is 3.85. The zero-order valence-electron chi connectivity index (χ0n) is 10.5. The highest BCUT2D eigenvalue weighted by molar-refractivity contribution is 7.18. The maximum atomic E-state index is 13.7. The number of hydrogen-bond acceptors (Lipinski definition) is 3. The third-order valence-corrected chi connectivity index (χ3v) is 4.16. The van der Waals surface area contributed by atoms with E-state index < -0.39 is 5.82 Å². The van der Waals surface area contributed by atoms with Gasteiger partial charge in [-0.3, -0.25) is 0 Å². The summed E-state index contributed by atoms with van der Waals surface area (Å²) >= 11 is 7.20. The lowest BCUT2D eigenvalue weighted by Gasteiger charge is -2.06. The molecule has 20 heavy (non-hydrogen) atoms. The Balaban J connectivity index is 1.75. The molecule has 1 heterocycles. The van der Waals surface area contributed by atoms with Gasteiger partial charge in [-0.05, 0) is 29.8 Å². The van der Waals surface area contributed by atoms with Crippen molar-refractivity contribution in [3.05, 3.63) is 58.9 Å². The summed E-state index contributed by atoms with van der Waals surface area (Å²) in [6.07, 6.45) is 0. The van der Waals surface area contributed by atoms with Gasteiger partial charge in [0, 0.05) is 5.88 Å². The summed E-state index contributed by atoms with van der Waals surface area (Å²) in [6.45, 7) is 0.260. The van der Waals surface area contributed by atoms with Crippen molar-refractivity contribution in [1.29, 1.82) is 0 Å². The van der Waals surface area contributed by atoms with Crippen LogP contribution in [-0.4, -0.2) is 4.98 Å². The standard InChI is InChI=1S/C15H11ClFNOS/c16-8-10-5-6-13(11(17)7-10)19-9-15-18-12-3-1-2-4-14(12)20-15/h1-7H,8-9H2. The van der Waals surface area contributed by atoms with Crippen LogP contribution in [0.25, 0.3) is 10.2 Å². The lowest BCUT2D eigenvalue weighted by atomic mass is 10.2. The Hall–Kier alpha value is -1.65. The van der Waals surface area contributed by atoms with E-state index in [9.17, 15) is 4.39 Å². The number of benzene rings is 2. The molecule has 2 nitrogen and oxygen atoms in total. The molecule has 5 heteroatoms. The minimum absolute atomic E-state index is 0.220. The van der Waals surface area contributed by atoms with Crippen molar-refractivity contribution in [1.82, 2.24) is 4.98 Å². The summed E-state index contributed by atoms with van der Waals surface area (Å²) in [7, 11) is 0. The Morgan fingerprint density at radius 1 is 1.20 bits per heavy atom. The summed E-state index contributed by atoms with van der Waals surface area (Å²) < 4.78 is 20.3. The van der Waals surface area contributed by atoms with E-state index in [1.807, 2.05) is 24.3 Å². The van der Waals surface area contributed by atoms with E-state index in [2.05, 4.69) is 4.98 Å². The molecule has 0 bridgehead atoms. The van der Waals surface area contributed by atoms with Gasteiger partial charge in [-0.1, -0.05) is 18.2 Å². The largest absolute Gasteiger partial charge is 0.483 e. The fraction of sp³-hybridized carbons (Fsp3) is 0.133. The van der Waals surface area contributed by atoms with Crippen LogP contribution in [0.2, 0.25) is 0 Å². The van der Waals surface area contributed by atoms with Crippen LogP contribution in [0, 0.1) is 5.82 Å². The maximum absolute atomic E-state index is 13.7. The van der Waals surface area contributed by atoms with Gasteiger partial charge in [0.2, 0.25) is 0 Å². The van der Waals surface area contributed by atoms with E-state index in [1.165, 1.54) is 6.07 Å². The second-order valence-corrected chi connectivity index (χ2v) is 5.64. The molecule has 0 saturated carbocycles. The summed E-state index contributed by atoms with van der Waals surface area (Å²) in [5, 5.41) is 0.826. The van der Waals surface area contributed by atoms with Gasteiger partial charge in [-0.15, -0.1) is 22.9 Å². The van der Waals surface area contributed by atoms with Gasteiger partial charge < -0.3 is 4.74 Å². The van der Waals surface area contributed by atoms with Gasteiger partial charge in [0.25, 0.3) is 0 Å². The average molecular weight is 308 g/mol. The lowest BCUT2D eigenvalue weighted by Crippen LogP contribution is -1.97. The van der Waals surface area contributed by atoms with Crippen LogP contribution in [0.5, 0.6) is 5.75 Å². The number of fused-ring (bicyclic) bond motifs is 1. The van der Waals surface area contributed by atoms with Crippen LogP contribution in [0.3, 0.4) is 0 Å². The van der Waals surface area contributed by atoms with Crippen molar-refractivity contribution in [2.45, 2.75) is 12.5 Å². The van der Waals surface area contributed by atoms with Crippen molar-refractivity contribution in [3.63, 3.8) is 0 Å².